The minimum atomic E-state index is -0.469. The van der Waals surface area contributed by atoms with E-state index in [9.17, 15) is 10.1 Å². The average molecular weight is 345 g/mol. The Hall–Kier alpha value is -2.54. The summed E-state index contributed by atoms with van der Waals surface area (Å²) in [7, 11) is 0. The lowest BCUT2D eigenvalue weighted by Gasteiger charge is -2.09. The van der Waals surface area contributed by atoms with Gasteiger partial charge in [-0.05, 0) is 33.4 Å². The van der Waals surface area contributed by atoms with Crippen LogP contribution >= 0.6 is 15.9 Å². The van der Waals surface area contributed by atoms with Gasteiger partial charge in [0.2, 0.25) is 5.82 Å². The summed E-state index contributed by atoms with van der Waals surface area (Å²) in [6.07, 6.45) is 4.92. The van der Waals surface area contributed by atoms with Gasteiger partial charge in [-0.25, -0.2) is 4.98 Å². The van der Waals surface area contributed by atoms with Gasteiger partial charge in [0.05, 0.1) is 4.92 Å². The first kappa shape index (κ1) is 13.4. The molecule has 0 atom stereocenters. The highest BCUT2D eigenvalue weighted by atomic mass is 79.9. The second-order valence-corrected chi connectivity index (χ2v) is 5.22. The van der Waals surface area contributed by atoms with E-state index < -0.39 is 4.92 Å². The maximum atomic E-state index is 11.1. The van der Waals surface area contributed by atoms with E-state index in [4.69, 9.17) is 0 Å². The first-order valence-electron chi connectivity index (χ1n) is 6.05. The van der Waals surface area contributed by atoms with Gasteiger partial charge in [0.25, 0.3) is 0 Å². The number of anilines is 2. The molecule has 7 heteroatoms. The lowest BCUT2D eigenvalue weighted by molar-refractivity contribution is -0.384. The highest BCUT2D eigenvalue weighted by molar-refractivity contribution is 9.10. The van der Waals surface area contributed by atoms with Crippen LogP contribution < -0.4 is 5.32 Å². The Morgan fingerprint density at radius 3 is 2.90 bits per heavy atom. The third kappa shape index (κ3) is 2.68. The zero-order valence-electron chi connectivity index (χ0n) is 10.7. The summed E-state index contributed by atoms with van der Waals surface area (Å²) >= 11 is 3.19. The molecule has 6 nitrogen and oxygen atoms in total. The molecular formula is C14H9BrN4O2. The number of nitrogens with one attached hydrogen (secondary N) is 1. The van der Waals surface area contributed by atoms with Crippen LogP contribution in [0.5, 0.6) is 0 Å². The standard InChI is InChI=1S/C14H9BrN4O2/c15-10-6-13(19(20)21)14(17-7-10)18-12-3-1-2-9-4-5-16-8-11(9)12/h1-8H,(H,17,18). The quantitative estimate of drug-likeness (QED) is 0.572. The van der Waals surface area contributed by atoms with Crippen LogP contribution in [0, 0.1) is 10.1 Å². The molecule has 21 heavy (non-hydrogen) atoms. The minimum absolute atomic E-state index is 0.0923. The summed E-state index contributed by atoms with van der Waals surface area (Å²) < 4.78 is 0.555. The van der Waals surface area contributed by atoms with Gasteiger partial charge in [0, 0.05) is 40.2 Å². The summed E-state index contributed by atoms with van der Waals surface area (Å²) in [4.78, 5) is 18.8. The van der Waals surface area contributed by atoms with Crippen LogP contribution in [0.2, 0.25) is 0 Å². The van der Waals surface area contributed by atoms with Crippen molar-refractivity contribution in [1.29, 1.82) is 0 Å². The molecule has 0 amide bonds. The second-order valence-electron chi connectivity index (χ2n) is 4.31. The third-order valence-electron chi connectivity index (χ3n) is 2.97. The van der Waals surface area contributed by atoms with Crippen molar-refractivity contribution in [3.8, 4) is 0 Å². The SMILES string of the molecule is O=[N+]([O-])c1cc(Br)cnc1Nc1cccc2ccncc12. The first-order chi connectivity index (χ1) is 10.1. The van der Waals surface area contributed by atoms with Crippen LogP contribution in [-0.4, -0.2) is 14.9 Å². The maximum Gasteiger partial charge on any atom is 0.312 e. The molecule has 0 spiro atoms. The van der Waals surface area contributed by atoms with E-state index in [-0.39, 0.29) is 11.5 Å². The van der Waals surface area contributed by atoms with Gasteiger partial charge in [-0.1, -0.05) is 12.1 Å². The van der Waals surface area contributed by atoms with E-state index in [0.29, 0.717) is 4.47 Å². The van der Waals surface area contributed by atoms with Crippen LogP contribution in [-0.2, 0) is 0 Å². The van der Waals surface area contributed by atoms with Crippen molar-refractivity contribution in [3.05, 3.63) is 63.5 Å². The first-order valence-corrected chi connectivity index (χ1v) is 6.84. The summed E-state index contributed by atoms with van der Waals surface area (Å²) in [5.41, 5.74) is 0.629. The number of hydrogen-bond acceptors (Lipinski definition) is 5. The maximum absolute atomic E-state index is 11.1. The van der Waals surface area contributed by atoms with E-state index in [1.807, 2.05) is 24.3 Å². The van der Waals surface area contributed by atoms with Crippen molar-refractivity contribution in [2.75, 3.05) is 5.32 Å². The number of halogens is 1. The molecule has 0 radical (unpaired) electrons. The minimum Gasteiger partial charge on any atom is -0.334 e. The monoisotopic (exact) mass is 344 g/mol. The normalized spacial score (nSPS) is 10.5. The molecule has 0 aliphatic heterocycles. The number of nitro groups is 1. The predicted molar refractivity (Wildman–Crippen MR) is 83.6 cm³/mol. The lowest BCUT2D eigenvalue weighted by Crippen LogP contribution is -2.00. The van der Waals surface area contributed by atoms with Gasteiger partial charge in [0.1, 0.15) is 0 Å². The molecule has 2 heterocycles. The fraction of sp³-hybridized carbons (Fsp3) is 0. The van der Waals surface area contributed by atoms with Crippen LogP contribution in [0.1, 0.15) is 0 Å². The van der Waals surface area contributed by atoms with Crippen molar-refractivity contribution in [2.45, 2.75) is 0 Å². The molecule has 0 saturated carbocycles. The van der Waals surface area contributed by atoms with Crippen molar-refractivity contribution in [2.24, 2.45) is 0 Å². The number of pyridine rings is 2. The number of hydrogen-bond donors (Lipinski definition) is 1. The molecule has 2 aromatic heterocycles. The number of nitrogens with zero attached hydrogens (tertiary/aromatic N) is 3. The molecule has 0 fully saturated rings. The molecule has 3 rings (SSSR count). The zero-order chi connectivity index (χ0) is 14.8. The lowest BCUT2D eigenvalue weighted by atomic mass is 10.1. The highest BCUT2D eigenvalue weighted by Gasteiger charge is 2.16. The molecule has 1 aromatic carbocycles. The zero-order valence-corrected chi connectivity index (χ0v) is 12.2. The number of benzene rings is 1. The average Bonchev–Trinajstić information content (AvgIpc) is 2.49. The van der Waals surface area contributed by atoms with Crippen molar-refractivity contribution in [3.63, 3.8) is 0 Å². The molecule has 0 unspecified atom stereocenters. The molecule has 3 aromatic rings. The van der Waals surface area contributed by atoms with Gasteiger partial charge in [-0.15, -0.1) is 0 Å². The second kappa shape index (κ2) is 5.45. The van der Waals surface area contributed by atoms with Gasteiger partial charge in [-0.3, -0.25) is 15.1 Å². The largest absolute Gasteiger partial charge is 0.334 e. The Balaban J connectivity index is 2.09. The number of fused-ring (bicyclic) bond motifs is 1. The summed E-state index contributed by atoms with van der Waals surface area (Å²) in [6, 6.07) is 8.95. The van der Waals surface area contributed by atoms with E-state index in [2.05, 4.69) is 31.2 Å². The molecule has 0 saturated heterocycles. The number of rotatable bonds is 3. The van der Waals surface area contributed by atoms with E-state index >= 15 is 0 Å². The van der Waals surface area contributed by atoms with Crippen LogP contribution in [0.4, 0.5) is 17.2 Å². The van der Waals surface area contributed by atoms with Crippen molar-refractivity contribution in [1.82, 2.24) is 9.97 Å². The smallest absolute Gasteiger partial charge is 0.312 e. The molecule has 104 valence electrons. The summed E-state index contributed by atoms with van der Waals surface area (Å²) in [5, 5.41) is 16.0. The van der Waals surface area contributed by atoms with Gasteiger partial charge in [0.15, 0.2) is 0 Å². The van der Waals surface area contributed by atoms with E-state index in [0.717, 1.165) is 16.5 Å². The molecule has 0 aliphatic carbocycles. The Kier molecular flexibility index (Phi) is 3.49. The predicted octanol–water partition coefficient (Wildman–Crippen LogP) is 4.04. The van der Waals surface area contributed by atoms with Gasteiger partial charge >= 0.3 is 5.69 Å². The topological polar surface area (TPSA) is 81.0 Å². The van der Waals surface area contributed by atoms with Gasteiger partial charge in [-0.2, -0.15) is 0 Å². The molecule has 0 bridgehead atoms. The molecule has 0 aliphatic rings. The third-order valence-corrected chi connectivity index (χ3v) is 3.40. The van der Waals surface area contributed by atoms with Crippen LogP contribution in [0.15, 0.2) is 53.4 Å². The Morgan fingerprint density at radius 2 is 2.10 bits per heavy atom. The summed E-state index contributed by atoms with van der Waals surface area (Å²) in [5.74, 6) is 0.194. The van der Waals surface area contributed by atoms with Crippen molar-refractivity contribution < 1.29 is 4.92 Å². The summed E-state index contributed by atoms with van der Waals surface area (Å²) in [6.45, 7) is 0. The van der Waals surface area contributed by atoms with Crippen molar-refractivity contribution >= 4 is 43.9 Å². The Bertz CT molecular complexity index is 833. The van der Waals surface area contributed by atoms with E-state index in [1.165, 1.54) is 12.3 Å². The highest BCUT2D eigenvalue weighted by Crippen LogP contribution is 2.30. The fourth-order valence-corrected chi connectivity index (χ4v) is 2.33. The Morgan fingerprint density at radius 1 is 1.24 bits per heavy atom. The van der Waals surface area contributed by atoms with Crippen LogP contribution in [0.3, 0.4) is 0 Å². The van der Waals surface area contributed by atoms with E-state index in [1.54, 1.807) is 12.4 Å². The van der Waals surface area contributed by atoms with Gasteiger partial charge < -0.3 is 5.32 Å². The number of aromatic nitrogens is 2. The molecule has 1 N–H and O–H groups in total. The Labute approximate surface area is 128 Å². The van der Waals surface area contributed by atoms with Crippen LogP contribution in [0.25, 0.3) is 10.8 Å². The molecular weight excluding hydrogens is 336 g/mol. The fourth-order valence-electron chi connectivity index (χ4n) is 2.01.